The summed E-state index contributed by atoms with van der Waals surface area (Å²) in [6, 6.07) is 7.89. The van der Waals surface area contributed by atoms with Crippen LogP contribution in [0.15, 0.2) is 36.5 Å². The number of rotatable bonds is 3. The summed E-state index contributed by atoms with van der Waals surface area (Å²) in [4.78, 5) is 3.61. The molecule has 1 aromatic heterocycles. The van der Waals surface area contributed by atoms with Crippen molar-refractivity contribution in [2.24, 2.45) is 0 Å². The first-order valence-corrected chi connectivity index (χ1v) is 7.47. The SMILES string of the molecule is CC(c1ccc(Cl)cc1Cl)C(O)(c1ccc(C#N)nc1)C(F)(F)F. The topological polar surface area (TPSA) is 56.9 Å². The van der Waals surface area contributed by atoms with Crippen LogP contribution in [0.1, 0.15) is 29.7 Å². The van der Waals surface area contributed by atoms with Gasteiger partial charge in [-0.1, -0.05) is 42.3 Å². The van der Waals surface area contributed by atoms with Crippen LogP contribution in [0.25, 0.3) is 0 Å². The van der Waals surface area contributed by atoms with Gasteiger partial charge in [-0.25, -0.2) is 4.98 Å². The molecule has 0 aliphatic heterocycles. The lowest BCUT2D eigenvalue weighted by Gasteiger charge is -2.36. The molecule has 126 valence electrons. The average Bonchev–Trinajstić information content (AvgIpc) is 2.52. The maximum atomic E-state index is 13.7. The minimum Gasteiger partial charge on any atom is -0.376 e. The number of benzene rings is 1. The fourth-order valence-electron chi connectivity index (χ4n) is 2.42. The number of hydrogen-bond acceptors (Lipinski definition) is 3. The molecule has 0 spiro atoms. The Morgan fingerprint density at radius 2 is 1.88 bits per heavy atom. The van der Waals surface area contributed by atoms with Crippen molar-refractivity contribution >= 4 is 23.2 Å². The Labute approximate surface area is 146 Å². The molecule has 0 radical (unpaired) electrons. The molecule has 0 amide bonds. The van der Waals surface area contributed by atoms with E-state index in [1.165, 1.54) is 25.1 Å². The van der Waals surface area contributed by atoms with E-state index >= 15 is 0 Å². The Morgan fingerprint density at radius 3 is 2.33 bits per heavy atom. The summed E-state index contributed by atoms with van der Waals surface area (Å²) in [5.74, 6) is -1.43. The Morgan fingerprint density at radius 1 is 1.21 bits per heavy atom. The van der Waals surface area contributed by atoms with Crippen LogP contribution >= 0.6 is 23.2 Å². The van der Waals surface area contributed by atoms with Crippen LogP contribution in [-0.4, -0.2) is 16.3 Å². The molecule has 1 N–H and O–H groups in total. The lowest BCUT2D eigenvalue weighted by Crippen LogP contribution is -2.46. The number of aliphatic hydroxyl groups is 1. The van der Waals surface area contributed by atoms with Gasteiger partial charge in [0.15, 0.2) is 5.60 Å². The molecule has 0 saturated heterocycles. The second kappa shape index (κ2) is 6.60. The first-order chi connectivity index (χ1) is 11.1. The zero-order valence-electron chi connectivity index (χ0n) is 12.3. The van der Waals surface area contributed by atoms with E-state index in [1.807, 2.05) is 0 Å². The van der Waals surface area contributed by atoms with Gasteiger partial charge in [0.1, 0.15) is 11.8 Å². The predicted molar refractivity (Wildman–Crippen MR) is 83.8 cm³/mol. The van der Waals surface area contributed by atoms with Crippen molar-refractivity contribution in [2.45, 2.75) is 24.6 Å². The summed E-state index contributed by atoms with van der Waals surface area (Å²) in [6.45, 7) is 1.21. The molecule has 1 aromatic carbocycles. The summed E-state index contributed by atoms with van der Waals surface area (Å²) < 4.78 is 41.1. The quantitative estimate of drug-likeness (QED) is 0.838. The number of alkyl halides is 3. The molecule has 2 aromatic rings. The predicted octanol–water partition coefficient (Wildman–Crippen LogP) is 4.81. The van der Waals surface area contributed by atoms with Crippen molar-refractivity contribution in [3.8, 4) is 6.07 Å². The minimum absolute atomic E-state index is 0.0132. The van der Waals surface area contributed by atoms with Gasteiger partial charge in [0.05, 0.1) is 0 Å². The number of halogens is 5. The molecule has 1 heterocycles. The highest BCUT2D eigenvalue weighted by Crippen LogP contribution is 2.49. The zero-order valence-corrected chi connectivity index (χ0v) is 13.8. The van der Waals surface area contributed by atoms with Gasteiger partial charge >= 0.3 is 6.18 Å². The van der Waals surface area contributed by atoms with Crippen molar-refractivity contribution in [1.82, 2.24) is 4.98 Å². The third kappa shape index (κ3) is 3.20. The normalized spacial score (nSPS) is 15.4. The lowest BCUT2D eigenvalue weighted by molar-refractivity contribution is -0.274. The Balaban J connectivity index is 2.61. The third-order valence-electron chi connectivity index (χ3n) is 3.81. The molecule has 3 nitrogen and oxygen atoms in total. The molecule has 2 unspecified atom stereocenters. The average molecular weight is 375 g/mol. The van der Waals surface area contributed by atoms with Crippen molar-refractivity contribution in [3.63, 3.8) is 0 Å². The minimum atomic E-state index is -4.99. The van der Waals surface area contributed by atoms with Gasteiger partial charge in [-0.05, 0) is 23.8 Å². The van der Waals surface area contributed by atoms with Gasteiger partial charge < -0.3 is 5.11 Å². The summed E-state index contributed by atoms with van der Waals surface area (Å²) in [5, 5.41) is 19.6. The van der Waals surface area contributed by atoms with Gasteiger partial charge in [0.2, 0.25) is 0 Å². The van der Waals surface area contributed by atoms with Gasteiger partial charge in [-0.2, -0.15) is 18.4 Å². The lowest BCUT2D eigenvalue weighted by atomic mass is 9.78. The molecule has 8 heteroatoms. The number of hydrogen-bond donors (Lipinski definition) is 1. The fraction of sp³-hybridized carbons (Fsp3) is 0.250. The van der Waals surface area contributed by atoms with E-state index in [0.717, 1.165) is 18.3 Å². The molecule has 2 rings (SSSR count). The fourth-order valence-corrected chi connectivity index (χ4v) is 2.99. The second-order valence-corrected chi connectivity index (χ2v) is 6.04. The van der Waals surface area contributed by atoms with Crippen LogP contribution in [0.3, 0.4) is 0 Å². The molecule has 0 bridgehead atoms. The molecule has 2 atom stereocenters. The number of pyridine rings is 1. The first-order valence-electron chi connectivity index (χ1n) is 6.72. The van der Waals surface area contributed by atoms with Crippen LogP contribution in [0.5, 0.6) is 0 Å². The highest BCUT2D eigenvalue weighted by molar-refractivity contribution is 6.35. The van der Waals surface area contributed by atoms with E-state index in [1.54, 1.807) is 6.07 Å². The summed E-state index contributed by atoms with van der Waals surface area (Å²) >= 11 is 11.8. The van der Waals surface area contributed by atoms with Crippen LogP contribution in [0.2, 0.25) is 10.0 Å². The van der Waals surface area contributed by atoms with Crippen LogP contribution in [-0.2, 0) is 5.60 Å². The smallest absolute Gasteiger partial charge is 0.376 e. The molecule has 24 heavy (non-hydrogen) atoms. The molecule has 0 fully saturated rings. The van der Waals surface area contributed by atoms with E-state index in [-0.39, 0.29) is 21.3 Å². The second-order valence-electron chi connectivity index (χ2n) is 5.20. The van der Waals surface area contributed by atoms with Crippen molar-refractivity contribution in [2.75, 3.05) is 0 Å². The highest BCUT2D eigenvalue weighted by Gasteiger charge is 2.59. The monoisotopic (exact) mass is 374 g/mol. The number of nitrogens with zero attached hydrogens (tertiary/aromatic N) is 2. The van der Waals surface area contributed by atoms with Crippen LogP contribution in [0, 0.1) is 11.3 Å². The van der Waals surface area contributed by atoms with Crippen LogP contribution < -0.4 is 0 Å². The molecule has 0 saturated carbocycles. The Bertz CT molecular complexity index is 787. The van der Waals surface area contributed by atoms with Gasteiger partial charge in [-0.15, -0.1) is 0 Å². The van der Waals surface area contributed by atoms with E-state index in [0.29, 0.717) is 0 Å². The van der Waals surface area contributed by atoms with E-state index in [9.17, 15) is 18.3 Å². The number of aromatic nitrogens is 1. The maximum absolute atomic E-state index is 13.7. The number of nitriles is 1. The Kier molecular flexibility index (Phi) is 5.09. The highest BCUT2D eigenvalue weighted by atomic mass is 35.5. The zero-order chi connectivity index (χ0) is 18.1. The summed E-state index contributed by atoms with van der Waals surface area (Å²) in [6.07, 6.45) is -4.16. The molecular formula is C16H11Cl2F3N2O. The molecule has 0 aliphatic carbocycles. The maximum Gasteiger partial charge on any atom is 0.422 e. The first kappa shape index (κ1) is 18.5. The largest absolute Gasteiger partial charge is 0.422 e. The van der Waals surface area contributed by atoms with E-state index in [4.69, 9.17) is 28.5 Å². The Hall–Kier alpha value is -1.81. The van der Waals surface area contributed by atoms with Gasteiger partial charge in [-0.3, -0.25) is 0 Å². The standard InChI is InChI=1S/C16H11Cl2F3N2O/c1-9(13-5-3-11(17)6-14(13)18)15(24,16(19,20)21)10-2-4-12(7-22)23-8-10/h2-6,8-9,24H,1H3. The van der Waals surface area contributed by atoms with Gasteiger partial charge in [0, 0.05) is 27.7 Å². The van der Waals surface area contributed by atoms with Crippen molar-refractivity contribution in [3.05, 3.63) is 63.4 Å². The van der Waals surface area contributed by atoms with Crippen molar-refractivity contribution in [1.29, 1.82) is 5.26 Å². The summed E-state index contributed by atoms with van der Waals surface area (Å²) in [7, 11) is 0. The van der Waals surface area contributed by atoms with E-state index < -0.39 is 23.3 Å². The summed E-state index contributed by atoms with van der Waals surface area (Å²) in [5.41, 5.74) is -3.68. The third-order valence-corrected chi connectivity index (χ3v) is 4.37. The van der Waals surface area contributed by atoms with Crippen molar-refractivity contribution < 1.29 is 18.3 Å². The molecular weight excluding hydrogens is 364 g/mol. The van der Waals surface area contributed by atoms with E-state index in [2.05, 4.69) is 4.98 Å². The molecule has 0 aliphatic rings. The van der Waals surface area contributed by atoms with Crippen LogP contribution in [0.4, 0.5) is 13.2 Å². The van der Waals surface area contributed by atoms with Gasteiger partial charge in [0.25, 0.3) is 0 Å².